The summed E-state index contributed by atoms with van der Waals surface area (Å²) in [5.74, 6) is 5.22. The minimum atomic E-state index is -4.74. The number of aryl methyl sites for hydroxylation is 1. The van der Waals surface area contributed by atoms with Gasteiger partial charge in [0.25, 0.3) is 0 Å². The Morgan fingerprint density at radius 3 is 2.75 bits per heavy atom. The van der Waals surface area contributed by atoms with E-state index in [1.165, 1.54) is 12.1 Å². The van der Waals surface area contributed by atoms with Crippen LogP contribution in [0, 0.1) is 0 Å². The lowest BCUT2D eigenvalue weighted by Crippen LogP contribution is -2.18. The normalized spacial score (nSPS) is 14.4. The van der Waals surface area contributed by atoms with E-state index in [2.05, 4.69) is 15.1 Å². The maximum atomic E-state index is 12.4. The number of benzene rings is 1. The van der Waals surface area contributed by atoms with Crippen LogP contribution in [0.15, 0.2) is 18.2 Å². The highest BCUT2D eigenvalue weighted by Gasteiger charge is 2.32. The number of hydrogen-bond acceptors (Lipinski definition) is 4. The molecule has 7 heteroatoms. The van der Waals surface area contributed by atoms with Crippen molar-refractivity contribution in [2.75, 3.05) is 5.43 Å². The molecular weight excluding hydrogens is 271 g/mol. The molecule has 0 atom stereocenters. The highest BCUT2D eigenvalue weighted by molar-refractivity contribution is 5.96. The van der Waals surface area contributed by atoms with Gasteiger partial charge in [0.2, 0.25) is 0 Å². The zero-order chi connectivity index (χ0) is 14.3. The lowest BCUT2D eigenvalue weighted by Gasteiger charge is -2.15. The van der Waals surface area contributed by atoms with E-state index in [1.54, 1.807) is 6.07 Å². The number of nitrogen functional groups attached to an aromatic ring is 1. The highest BCUT2D eigenvalue weighted by atomic mass is 19.4. The number of nitrogens with zero attached hydrogens (tertiary/aromatic N) is 1. The summed E-state index contributed by atoms with van der Waals surface area (Å²) >= 11 is 0. The van der Waals surface area contributed by atoms with Crippen LogP contribution in [0.4, 0.5) is 18.9 Å². The molecule has 1 aliphatic rings. The third-order valence-corrected chi connectivity index (χ3v) is 3.38. The van der Waals surface area contributed by atoms with Crippen molar-refractivity contribution in [3.63, 3.8) is 0 Å². The van der Waals surface area contributed by atoms with Gasteiger partial charge >= 0.3 is 6.36 Å². The number of ether oxygens (including phenoxy) is 1. The van der Waals surface area contributed by atoms with Crippen molar-refractivity contribution in [2.45, 2.75) is 25.6 Å². The minimum absolute atomic E-state index is 0.179. The second-order valence-electron chi connectivity index (χ2n) is 4.61. The Morgan fingerprint density at radius 2 is 2.05 bits per heavy atom. The van der Waals surface area contributed by atoms with E-state index in [1.807, 2.05) is 0 Å². The maximum absolute atomic E-state index is 12.4. The summed E-state index contributed by atoms with van der Waals surface area (Å²) in [6, 6.07) is 4.43. The Labute approximate surface area is 112 Å². The van der Waals surface area contributed by atoms with Gasteiger partial charge in [-0.1, -0.05) is 12.1 Å². The molecule has 1 aromatic heterocycles. The van der Waals surface area contributed by atoms with Gasteiger partial charge in [-0.2, -0.15) is 0 Å². The summed E-state index contributed by atoms with van der Waals surface area (Å²) in [6.45, 7) is 0. The lowest BCUT2D eigenvalue weighted by molar-refractivity contribution is -0.274. The second-order valence-corrected chi connectivity index (χ2v) is 4.61. The molecule has 0 aliphatic heterocycles. The summed E-state index contributed by atoms with van der Waals surface area (Å²) in [7, 11) is 0. The number of nitrogens with one attached hydrogen (secondary N) is 1. The molecule has 20 heavy (non-hydrogen) atoms. The van der Waals surface area contributed by atoms with Crippen LogP contribution in [0.3, 0.4) is 0 Å². The number of aromatic nitrogens is 1. The topological polar surface area (TPSA) is 60.2 Å². The van der Waals surface area contributed by atoms with Crippen molar-refractivity contribution in [2.24, 2.45) is 5.84 Å². The molecule has 1 aromatic carbocycles. The number of anilines is 1. The van der Waals surface area contributed by atoms with Gasteiger partial charge in [-0.05, 0) is 30.9 Å². The SMILES string of the molecule is NNc1c2c(nc3c(OC(F)(F)F)cccc13)CCC2. The fourth-order valence-corrected chi connectivity index (χ4v) is 2.63. The first-order chi connectivity index (χ1) is 9.49. The highest BCUT2D eigenvalue weighted by Crippen LogP contribution is 2.38. The molecule has 0 saturated carbocycles. The zero-order valence-electron chi connectivity index (χ0n) is 10.4. The van der Waals surface area contributed by atoms with Gasteiger partial charge in [0.15, 0.2) is 5.75 Å². The average Bonchev–Trinajstić information content (AvgIpc) is 2.82. The van der Waals surface area contributed by atoms with Gasteiger partial charge in [0.1, 0.15) is 5.52 Å². The fourth-order valence-electron chi connectivity index (χ4n) is 2.63. The molecule has 3 rings (SSSR count). The minimum Gasteiger partial charge on any atom is -0.403 e. The molecule has 1 heterocycles. The average molecular weight is 283 g/mol. The van der Waals surface area contributed by atoms with Crippen LogP contribution in [-0.2, 0) is 12.8 Å². The van der Waals surface area contributed by atoms with E-state index in [0.717, 1.165) is 30.5 Å². The van der Waals surface area contributed by atoms with Crippen LogP contribution in [0.25, 0.3) is 10.9 Å². The predicted octanol–water partition coefficient (Wildman–Crippen LogP) is 2.91. The van der Waals surface area contributed by atoms with Gasteiger partial charge in [-0.25, -0.2) is 4.98 Å². The van der Waals surface area contributed by atoms with Crippen LogP contribution >= 0.6 is 0 Å². The first-order valence-electron chi connectivity index (χ1n) is 6.16. The summed E-state index contributed by atoms with van der Waals surface area (Å²) in [5.41, 5.74) is 5.15. The number of hydrazine groups is 1. The van der Waals surface area contributed by atoms with Crippen molar-refractivity contribution < 1.29 is 17.9 Å². The Hall–Kier alpha value is -2.02. The third kappa shape index (κ3) is 2.14. The van der Waals surface area contributed by atoms with E-state index in [0.29, 0.717) is 11.1 Å². The lowest BCUT2D eigenvalue weighted by atomic mass is 10.1. The number of nitrogens with two attached hydrogens (primary N) is 1. The molecule has 2 aromatic rings. The Bertz CT molecular complexity index is 670. The van der Waals surface area contributed by atoms with Crippen LogP contribution in [0.1, 0.15) is 17.7 Å². The Balaban J connectivity index is 2.25. The molecule has 106 valence electrons. The Morgan fingerprint density at radius 1 is 1.25 bits per heavy atom. The molecule has 4 nitrogen and oxygen atoms in total. The van der Waals surface area contributed by atoms with Gasteiger partial charge in [0.05, 0.1) is 5.69 Å². The van der Waals surface area contributed by atoms with Gasteiger partial charge in [-0.3, -0.25) is 5.84 Å². The first kappa shape index (κ1) is 13.0. The van der Waals surface area contributed by atoms with Crippen LogP contribution in [-0.4, -0.2) is 11.3 Å². The maximum Gasteiger partial charge on any atom is 0.573 e. The van der Waals surface area contributed by atoms with Crippen molar-refractivity contribution in [1.29, 1.82) is 0 Å². The van der Waals surface area contributed by atoms with Crippen molar-refractivity contribution in [3.05, 3.63) is 29.5 Å². The molecular formula is C13H12F3N3O. The molecule has 3 N–H and O–H groups in total. The summed E-state index contributed by atoms with van der Waals surface area (Å²) in [5, 5.41) is 0.537. The number of fused-ring (bicyclic) bond motifs is 2. The van der Waals surface area contributed by atoms with Crippen molar-refractivity contribution in [1.82, 2.24) is 4.98 Å². The summed E-state index contributed by atoms with van der Waals surface area (Å²) in [6.07, 6.45) is -2.27. The molecule has 0 radical (unpaired) electrons. The zero-order valence-corrected chi connectivity index (χ0v) is 10.4. The monoisotopic (exact) mass is 283 g/mol. The van der Waals surface area contributed by atoms with E-state index in [-0.39, 0.29) is 11.3 Å². The molecule has 0 bridgehead atoms. The third-order valence-electron chi connectivity index (χ3n) is 3.38. The molecule has 1 aliphatic carbocycles. The summed E-state index contributed by atoms with van der Waals surface area (Å²) in [4.78, 5) is 4.33. The number of para-hydroxylation sites is 1. The van der Waals surface area contributed by atoms with Crippen LogP contribution in [0.2, 0.25) is 0 Å². The first-order valence-corrected chi connectivity index (χ1v) is 6.16. The Kier molecular flexibility index (Phi) is 2.93. The quantitative estimate of drug-likeness (QED) is 0.657. The fraction of sp³-hybridized carbons (Fsp3) is 0.308. The molecule has 0 fully saturated rings. The number of pyridine rings is 1. The van der Waals surface area contributed by atoms with Gasteiger partial charge in [-0.15, -0.1) is 13.2 Å². The van der Waals surface area contributed by atoms with Gasteiger partial charge < -0.3 is 10.2 Å². The smallest absolute Gasteiger partial charge is 0.403 e. The molecule has 0 spiro atoms. The molecule has 0 unspecified atom stereocenters. The standard InChI is InChI=1S/C13H12F3N3O/c14-13(15,16)20-10-6-2-4-8-11(19-17)7-3-1-5-9(7)18-12(8)10/h2,4,6H,1,3,5,17H2,(H,18,19). The van der Waals surface area contributed by atoms with Gasteiger partial charge in [0, 0.05) is 11.1 Å². The number of rotatable bonds is 2. The second kappa shape index (κ2) is 4.52. The van der Waals surface area contributed by atoms with E-state index >= 15 is 0 Å². The van der Waals surface area contributed by atoms with Crippen LogP contribution < -0.4 is 16.0 Å². The van der Waals surface area contributed by atoms with Crippen molar-refractivity contribution >= 4 is 16.6 Å². The summed E-state index contributed by atoms with van der Waals surface area (Å²) < 4.78 is 41.3. The number of halogens is 3. The number of alkyl halides is 3. The number of hydrogen-bond donors (Lipinski definition) is 2. The largest absolute Gasteiger partial charge is 0.573 e. The molecule has 0 saturated heterocycles. The van der Waals surface area contributed by atoms with E-state index < -0.39 is 6.36 Å². The molecule has 0 amide bonds. The van der Waals surface area contributed by atoms with Crippen LogP contribution in [0.5, 0.6) is 5.75 Å². The predicted molar refractivity (Wildman–Crippen MR) is 68.3 cm³/mol. The van der Waals surface area contributed by atoms with Crippen molar-refractivity contribution in [3.8, 4) is 5.75 Å². The van der Waals surface area contributed by atoms with E-state index in [9.17, 15) is 13.2 Å². The van der Waals surface area contributed by atoms with E-state index in [4.69, 9.17) is 5.84 Å².